The van der Waals surface area contributed by atoms with Gasteiger partial charge in [-0.25, -0.2) is 0 Å². The van der Waals surface area contributed by atoms with Gasteiger partial charge in [-0.2, -0.15) is 0 Å². The van der Waals surface area contributed by atoms with Crippen LogP contribution in [0.25, 0.3) is 0 Å². The first kappa shape index (κ1) is 13.6. The molecule has 1 aromatic carbocycles. The van der Waals surface area contributed by atoms with Crippen molar-refractivity contribution in [2.75, 3.05) is 6.26 Å². The van der Waals surface area contributed by atoms with E-state index in [9.17, 15) is 0 Å². The fourth-order valence-electron chi connectivity index (χ4n) is 1.58. The van der Waals surface area contributed by atoms with Gasteiger partial charge in [0.1, 0.15) is 0 Å². The lowest BCUT2D eigenvalue weighted by Gasteiger charge is -2.19. The standard InChI is InChI=1S/C14H23NS/c1-5-11(2)12(3)15-10-13-6-8-14(16-4)9-7-13/h6-9,11-12,15H,5,10H2,1-4H3. The lowest BCUT2D eigenvalue weighted by Crippen LogP contribution is -2.31. The molecule has 1 N–H and O–H groups in total. The first-order valence-corrected chi connectivity index (χ1v) is 7.26. The maximum Gasteiger partial charge on any atom is 0.0208 e. The molecule has 1 aromatic rings. The Bertz CT molecular complexity index is 294. The van der Waals surface area contributed by atoms with Crippen molar-refractivity contribution in [2.24, 2.45) is 5.92 Å². The minimum Gasteiger partial charge on any atom is -0.310 e. The van der Waals surface area contributed by atoms with Gasteiger partial charge in [-0.3, -0.25) is 0 Å². The summed E-state index contributed by atoms with van der Waals surface area (Å²) in [5, 5.41) is 3.58. The third-order valence-electron chi connectivity index (χ3n) is 3.28. The second-order valence-corrected chi connectivity index (χ2v) is 5.28. The fourth-order valence-corrected chi connectivity index (χ4v) is 1.99. The molecule has 0 aliphatic rings. The zero-order chi connectivity index (χ0) is 12.0. The highest BCUT2D eigenvalue weighted by Crippen LogP contribution is 2.15. The van der Waals surface area contributed by atoms with E-state index in [1.54, 1.807) is 11.8 Å². The molecular weight excluding hydrogens is 214 g/mol. The highest BCUT2D eigenvalue weighted by molar-refractivity contribution is 7.98. The van der Waals surface area contributed by atoms with Crippen LogP contribution in [0.5, 0.6) is 0 Å². The summed E-state index contributed by atoms with van der Waals surface area (Å²) >= 11 is 1.79. The lowest BCUT2D eigenvalue weighted by molar-refractivity contribution is 0.389. The first-order chi connectivity index (χ1) is 7.67. The average molecular weight is 237 g/mol. The van der Waals surface area contributed by atoms with Gasteiger partial charge >= 0.3 is 0 Å². The maximum absolute atomic E-state index is 3.58. The van der Waals surface area contributed by atoms with Crippen molar-refractivity contribution in [1.82, 2.24) is 5.32 Å². The Labute approximate surface area is 104 Å². The lowest BCUT2D eigenvalue weighted by atomic mass is 10.0. The van der Waals surface area contributed by atoms with E-state index < -0.39 is 0 Å². The van der Waals surface area contributed by atoms with Gasteiger partial charge < -0.3 is 5.32 Å². The van der Waals surface area contributed by atoms with Crippen LogP contribution in [0.1, 0.15) is 32.8 Å². The van der Waals surface area contributed by atoms with Crippen LogP contribution in [0, 0.1) is 5.92 Å². The van der Waals surface area contributed by atoms with E-state index in [0.29, 0.717) is 6.04 Å². The van der Waals surface area contributed by atoms with Crippen molar-refractivity contribution in [3.8, 4) is 0 Å². The molecule has 0 radical (unpaired) electrons. The van der Waals surface area contributed by atoms with Crippen LogP contribution < -0.4 is 5.32 Å². The number of thioether (sulfide) groups is 1. The molecule has 1 nitrogen and oxygen atoms in total. The zero-order valence-corrected chi connectivity index (χ0v) is 11.6. The monoisotopic (exact) mass is 237 g/mol. The Morgan fingerprint density at radius 2 is 1.81 bits per heavy atom. The highest BCUT2D eigenvalue weighted by atomic mass is 32.2. The summed E-state index contributed by atoms with van der Waals surface area (Å²) in [7, 11) is 0. The van der Waals surface area contributed by atoms with E-state index >= 15 is 0 Å². The summed E-state index contributed by atoms with van der Waals surface area (Å²) in [5.41, 5.74) is 1.37. The van der Waals surface area contributed by atoms with Crippen molar-refractivity contribution >= 4 is 11.8 Å². The molecule has 1 rings (SSSR count). The first-order valence-electron chi connectivity index (χ1n) is 6.03. The fraction of sp³-hybridized carbons (Fsp3) is 0.571. The molecule has 2 atom stereocenters. The van der Waals surface area contributed by atoms with E-state index in [4.69, 9.17) is 0 Å². The number of rotatable bonds is 6. The Balaban J connectivity index is 2.42. The van der Waals surface area contributed by atoms with E-state index in [1.165, 1.54) is 16.9 Å². The van der Waals surface area contributed by atoms with Crippen LogP contribution in [-0.2, 0) is 6.54 Å². The van der Waals surface area contributed by atoms with Gasteiger partial charge in [-0.15, -0.1) is 11.8 Å². The molecule has 0 saturated heterocycles. The molecule has 0 spiro atoms. The molecule has 0 fully saturated rings. The third kappa shape index (κ3) is 4.18. The van der Waals surface area contributed by atoms with Crippen LogP contribution in [0.15, 0.2) is 29.2 Å². The smallest absolute Gasteiger partial charge is 0.0208 e. The summed E-state index contributed by atoms with van der Waals surface area (Å²) in [5.74, 6) is 0.741. The quantitative estimate of drug-likeness (QED) is 0.752. The predicted molar refractivity (Wildman–Crippen MR) is 74.0 cm³/mol. The molecule has 0 aliphatic heterocycles. The van der Waals surface area contributed by atoms with E-state index in [0.717, 1.165) is 12.5 Å². The van der Waals surface area contributed by atoms with Gasteiger partial charge in [0.15, 0.2) is 0 Å². The Kier molecular flexibility index (Phi) is 5.93. The summed E-state index contributed by atoms with van der Waals surface area (Å²) in [6.45, 7) is 7.79. The highest BCUT2D eigenvalue weighted by Gasteiger charge is 2.08. The second-order valence-electron chi connectivity index (χ2n) is 4.40. The largest absolute Gasteiger partial charge is 0.310 e. The SMILES string of the molecule is CCC(C)C(C)NCc1ccc(SC)cc1. The maximum atomic E-state index is 3.58. The van der Waals surface area contributed by atoms with Crippen LogP contribution in [0.3, 0.4) is 0 Å². The Hall–Kier alpha value is -0.470. The van der Waals surface area contributed by atoms with Gasteiger partial charge in [0.05, 0.1) is 0 Å². The zero-order valence-electron chi connectivity index (χ0n) is 10.8. The molecule has 2 heteroatoms. The third-order valence-corrected chi connectivity index (χ3v) is 4.03. The summed E-state index contributed by atoms with van der Waals surface area (Å²) < 4.78 is 0. The van der Waals surface area contributed by atoms with Crippen molar-refractivity contribution in [1.29, 1.82) is 0 Å². The molecule has 0 saturated carbocycles. The van der Waals surface area contributed by atoms with Crippen molar-refractivity contribution in [3.63, 3.8) is 0 Å². The summed E-state index contributed by atoms with van der Waals surface area (Å²) in [6.07, 6.45) is 3.35. The van der Waals surface area contributed by atoms with E-state index in [2.05, 4.69) is 56.6 Å². The van der Waals surface area contributed by atoms with Crippen molar-refractivity contribution < 1.29 is 0 Å². The summed E-state index contributed by atoms with van der Waals surface area (Å²) in [4.78, 5) is 1.33. The molecule has 0 heterocycles. The Morgan fingerprint density at radius 1 is 1.19 bits per heavy atom. The topological polar surface area (TPSA) is 12.0 Å². The summed E-state index contributed by atoms with van der Waals surface area (Å²) in [6, 6.07) is 9.39. The molecule has 2 unspecified atom stereocenters. The van der Waals surface area contributed by atoms with Gasteiger partial charge in [-0.05, 0) is 36.8 Å². The van der Waals surface area contributed by atoms with Gasteiger partial charge in [0.2, 0.25) is 0 Å². The number of benzene rings is 1. The molecule has 90 valence electrons. The predicted octanol–water partition coefficient (Wildman–Crippen LogP) is 3.93. The Morgan fingerprint density at radius 3 is 2.31 bits per heavy atom. The van der Waals surface area contributed by atoms with E-state index in [-0.39, 0.29) is 0 Å². The second kappa shape index (κ2) is 6.97. The number of hydrogen-bond donors (Lipinski definition) is 1. The molecule has 0 bridgehead atoms. The number of nitrogens with one attached hydrogen (secondary N) is 1. The van der Waals surface area contributed by atoms with Crippen LogP contribution in [0.2, 0.25) is 0 Å². The van der Waals surface area contributed by atoms with Gasteiger partial charge in [0.25, 0.3) is 0 Å². The van der Waals surface area contributed by atoms with Crippen LogP contribution in [0.4, 0.5) is 0 Å². The normalized spacial score (nSPS) is 14.8. The molecule has 0 aliphatic carbocycles. The van der Waals surface area contributed by atoms with Crippen LogP contribution in [-0.4, -0.2) is 12.3 Å². The van der Waals surface area contributed by atoms with E-state index in [1.807, 2.05) is 0 Å². The molecule has 0 amide bonds. The van der Waals surface area contributed by atoms with Crippen molar-refractivity contribution in [3.05, 3.63) is 29.8 Å². The van der Waals surface area contributed by atoms with Gasteiger partial charge in [0, 0.05) is 17.5 Å². The minimum atomic E-state index is 0.588. The average Bonchev–Trinajstić information content (AvgIpc) is 2.35. The van der Waals surface area contributed by atoms with Gasteiger partial charge in [-0.1, -0.05) is 32.4 Å². The molecule has 0 aromatic heterocycles. The number of hydrogen-bond acceptors (Lipinski definition) is 2. The minimum absolute atomic E-state index is 0.588. The molecular formula is C14H23NS. The molecule has 16 heavy (non-hydrogen) atoms. The van der Waals surface area contributed by atoms with Crippen molar-refractivity contribution in [2.45, 2.75) is 44.7 Å². The van der Waals surface area contributed by atoms with Crippen LogP contribution >= 0.6 is 11.8 Å².